The summed E-state index contributed by atoms with van der Waals surface area (Å²) in [5.41, 5.74) is 1.03. The van der Waals surface area contributed by atoms with Crippen LogP contribution >= 0.6 is 11.6 Å². The second kappa shape index (κ2) is 5.80. The lowest BCUT2D eigenvalue weighted by Gasteiger charge is -2.07. The number of alkyl halides is 1. The minimum absolute atomic E-state index is 0.189. The maximum absolute atomic E-state index is 13.4. The molecule has 0 unspecified atom stereocenters. The largest absolute Gasteiger partial charge is 0.319 e. The Morgan fingerprint density at radius 2 is 1.79 bits per heavy atom. The predicted molar refractivity (Wildman–Crippen MR) is 70.3 cm³/mol. The molecule has 0 heterocycles. The fraction of sp³-hybridized carbons (Fsp3) is 0.0714. The molecule has 2 rings (SSSR count). The van der Waals surface area contributed by atoms with Crippen LogP contribution in [0, 0.1) is 11.6 Å². The van der Waals surface area contributed by atoms with Gasteiger partial charge in [0.2, 0.25) is 0 Å². The van der Waals surface area contributed by atoms with Crippen molar-refractivity contribution in [1.29, 1.82) is 0 Å². The Bertz CT molecular complexity index is 599. The summed E-state index contributed by atoms with van der Waals surface area (Å²) in [4.78, 5) is 11.8. The predicted octanol–water partition coefficient (Wildman–Crippen LogP) is 3.96. The zero-order valence-electron chi connectivity index (χ0n) is 9.79. The fourth-order valence-electron chi connectivity index (χ4n) is 1.53. The van der Waals surface area contributed by atoms with Crippen LogP contribution in [0.4, 0.5) is 14.5 Å². The van der Waals surface area contributed by atoms with Gasteiger partial charge in [-0.1, -0.05) is 12.1 Å². The molecule has 0 aromatic heterocycles. The zero-order chi connectivity index (χ0) is 13.8. The van der Waals surface area contributed by atoms with E-state index in [0.29, 0.717) is 11.4 Å². The lowest BCUT2D eigenvalue weighted by molar-refractivity contribution is 0.102. The van der Waals surface area contributed by atoms with Gasteiger partial charge >= 0.3 is 0 Å². The van der Waals surface area contributed by atoms with Crippen molar-refractivity contribution in [2.45, 2.75) is 5.88 Å². The van der Waals surface area contributed by atoms with Crippen molar-refractivity contribution in [3.05, 3.63) is 65.2 Å². The minimum Gasteiger partial charge on any atom is -0.319 e. The SMILES string of the molecule is O=C(Nc1cc(F)ccc1F)c1ccc(CCl)cc1. The zero-order valence-corrected chi connectivity index (χ0v) is 10.5. The number of anilines is 1. The summed E-state index contributed by atoms with van der Waals surface area (Å²) in [5, 5.41) is 2.32. The van der Waals surface area contributed by atoms with Crippen LogP contribution in [0.25, 0.3) is 0 Å². The average molecular weight is 282 g/mol. The van der Waals surface area contributed by atoms with Crippen LogP contribution in [0.1, 0.15) is 15.9 Å². The van der Waals surface area contributed by atoms with E-state index in [0.717, 1.165) is 23.8 Å². The molecule has 5 heteroatoms. The van der Waals surface area contributed by atoms with Crippen molar-refractivity contribution < 1.29 is 13.6 Å². The summed E-state index contributed by atoms with van der Waals surface area (Å²) in [6.45, 7) is 0. The summed E-state index contributed by atoms with van der Waals surface area (Å²) < 4.78 is 26.3. The molecular weight excluding hydrogens is 272 g/mol. The molecule has 2 aromatic rings. The second-order valence-electron chi connectivity index (χ2n) is 3.91. The normalized spacial score (nSPS) is 10.3. The van der Waals surface area contributed by atoms with E-state index in [2.05, 4.69) is 5.32 Å². The molecule has 0 aliphatic carbocycles. The molecule has 2 nitrogen and oxygen atoms in total. The molecule has 0 saturated heterocycles. The highest BCUT2D eigenvalue weighted by atomic mass is 35.5. The third-order valence-electron chi connectivity index (χ3n) is 2.55. The number of amides is 1. The van der Waals surface area contributed by atoms with E-state index in [1.165, 1.54) is 0 Å². The highest BCUT2D eigenvalue weighted by Gasteiger charge is 2.10. The lowest BCUT2D eigenvalue weighted by atomic mass is 10.1. The van der Waals surface area contributed by atoms with E-state index >= 15 is 0 Å². The van der Waals surface area contributed by atoms with Gasteiger partial charge in [0.1, 0.15) is 11.6 Å². The first-order chi connectivity index (χ1) is 9.10. The number of halogens is 3. The van der Waals surface area contributed by atoms with Gasteiger partial charge in [0.05, 0.1) is 5.69 Å². The van der Waals surface area contributed by atoms with Gasteiger partial charge in [0.25, 0.3) is 5.91 Å². The molecule has 1 amide bonds. The monoisotopic (exact) mass is 281 g/mol. The molecular formula is C14H10ClF2NO. The summed E-state index contributed by atoms with van der Waals surface area (Å²) in [7, 11) is 0. The molecule has 0 bridgehead atoms. The third kappa shape index (κ3) is 3.29. The molecule has 0 atom stereocenters. The van der Waals surface area contributed by atoms with Crippen molar-refractivity contribution in [2.75, 3.05) is 5.32 Å². The van der Waals surface area contributed by atoms with Crippen molar-refractivity contribution in [1.82, 2.24) is 0 Å². The Kier molecular flexibility index (Phi) is 4.12. The average Bonchev–Trinajstić information content (AvgIpc) is 2.43. The molecule has 1 N–H and O–H groups in total. The first-order valence-electron chi connectivity index (χ1n) is 5.51. The second-order valence-corrected chi connectivity index (χ2v) is 4.18. The van der Waals surface area contributed by atoms with E-state index in [1.54, 1.807) is 24.3 Å². The van der Waals surface area contributed by atoms with Gasteiger partial charge in [-0.25, -0.2) is 8.78 Å². The third-order valence-corrected chi connectivity index (χ3v) is 2.86. The van der Waals surface area contributed by atoms with Crippen LogP contribution in [0.15, 0.2) is 42.5 Å². The van der Waals surface area contributed by atoms with Crippen LogP contribution in [-0.2, 0) is 5.88 Å². The van der Waals surface area contributed by atoms with Gasteiger partial charge in [-0.05, 0) is 29.8 Å². The maximum atomic E-state index is 13.4. The number of rotatable bonds is 3. The van der Waals surface area contributed by atoms with E-state index < -0.39 is 17.5 Å². The summed E-state index contributed by atoms with van der Waals surface area (Å²) >= 11 is 5.63. The summed E-state index contributed by atoms with van der Waals surface area (Å²) in [6.07, 6.45) is 0. The Morgan fingerprint density at radius 1 is 1.11 bits per heavy atom. The van der Waals surface area contributed by atoms with Crippen LogP contribution in [0.3, 0.4) is 0 Å². The summed E-state index contributed by atoms with van der Waals surface area (Å²) in [6, 6.07) is 9.42. The van der Waals surface area contributed by atoms with Crippen molar-refractivity contribution in [2.24, 2.45) is 0 Å². The van der Waals surface area contributed by atoms with Gasteiger partial charge in [0, 0.05) is 17.5 Å². The Hall–Kier alpha value is -1.94. The first-order valence-corrected chi connectivity index (χ1v) is 6.05. The van der Waals surface area contributed by atoms with Gasteiger partial charge in [0.15, 0.2) is 0 Å². The Labute approximate surface area is 114 Å². The molecule has 0 fully saturated rings. The van der Waals surface area contributed by atoms with Crippen LogP contribution in [-0.4, -0.2) is 5.91 Å². The molecule has 0 saturated carbocycles. The molecule has 0 radical (unpaired) electrons. The molecule has 19 heavy (non-hydrogen) atoms. The molecule has 0 aliphatic heterocycles. The topological polar surface area (TPSA) is 29.1 Å². The smallest absolute Gasteiger partial charge is 0.255 e. The number of carbonyl (C=O) groups is 1. The number of hydrogen-bond donors (Lipinski definition) is 1. The summed E-state index contributed by atoms with van der Waals surface area (Å²) in [5.74, 6) is -1.47. The van der Waals surface area contributed by atoms with Gasteiger partial charge in [-0.3, -0.25) is 4.79 Å². The van der Waals surface area contributed by atoms with E-state index in [1.807, 2.05) is 0 Å². The Balaban J connectivity index is 2.18. The van der Waals surface area contributed by atoms with Crippen molar-refractivity contribution in [3.63, 3.8) is 0 Å². The maximum Gasteiger partial charge on any atom is 0.255 e. The Morgan fingerprint density at radius 3 is 2.42 bits per heavy atom. The van der Waals surface area contributed by atoms with Gasteiger partial charge < -0.3 is 5.32 Å². The van der Waals surface area contributed by atoms with Gasteiger partial charge in [-0.2, -0.15) is 0 Å². The quantitative estimate of drug-likeness (QED) is 0.848. The highest BCUT2D eigenvalue weighted by molar-refractivity contribution is 6.17. The van der Waals surface area contributed by atoms with Crippen molar-refractivity contribution >= 4 is 23.2 Å². The van der Waals surface area contributed by atoms with E-state index in [-0.39, 0.29) is 5.69 Å². The first kappa shape index (κ1) is 13.5. The van der Waals surface area contributed by atoms with Gasteiger partial charge in [-0.15, -0.1) is 11.6 Å². The van der Waals surface area contributed by atoms with Crippen LogP contribution in [0.5, 0.6) is 0 Å². The number of benzene rings is 2. The standard InChI is InChI=1S/C14H10ClF2NO/c15-8-9-1-3-10(4-2-9)14(19)18-13-7-11(16)5-6-12(13)17/h1-7H,8H2,(H,18,19). The number of nitrogens with one attached hydrogen (secondary N) is 1. The van der Waals surface area contributed by atoms with Crippen LogP contribution in [0.2, 0.25) is 0 Å². The molecule has 2 aromatic carbocycles. The molecule has 0 aliphatic rings. The molecule has 0 spiro atoms. The highest BCUT2D eigenvalue weighted by Crippen LogP contribution is 2.16. The number of carbonyl (C=O) groups excluding carboxylic acids is 1. The lowest BCUT2D eigenvalue weighted by Crippen LogP contribution is -2.13. The molecule has 98 valence electrons. The number of hydrogen-bond acceptors (Lipinski definition) is 1. The minimum atomic E-state index is -0.688. The van der Waals surface area contributed by atoms with Crippen molar-refractivity contribution in [3.8, 4) is 0 Å². The van der Waals surface area contributed by atoms with E-state index in [4.69, 9.17) is 11.6 Å². The fourth-order valence-corrected chi connectivity index (χ4v) is 1.71. The van der Waals surface area contributed by atoms with Crippen LogP contribution < -0.4 is 5.32 Å². The van der Waals surface area contributed by atoms with E-state index in [9.17, 15) is 13.6 Å².